The summed E-state index contributed by atoms with van der Waals surface area (Å²) in [4.78, 5) is 23.2. The number of hydrogen-bond donors (Lipinski definition) is 2. The Morgan fingerprint density at radius 3 is 2.91 bits per heavy atom. The molecule has 0 fully saturated rings. The van der Waals surface area contributed by atoms with Crippen LogP contribution in [0.1, 0.15) is 5.56 Å². The van der Waals surface area contributed by atoms with E-state index in [1.807, 2.05) is 24.3 Å². The number of aromatic nitrogens is 3. The van der Waals surface area contributed by atoms with E-state index in [1.165, 1.54) is 11.8 Å². The van der Waals surface area contributed by atoms with Crippen molar-refractivity contribution in [1.82, 2.24) is 20.4 Å². The van der Waals surface area contributed by atoms with Gasteiger partial charge in [-0.15, -0.1) is 0 Å². The second kappa shape index (κ2) is 6.86. The molecule has 2 aromatic heterocycles. The second-order valence-corrected chi connectivity index (χ2v) is 5.39. The minimum atomic E-state index is -0.184. The highest BCUT2D eigenvalue weighted by Crippen LogP contribution is 2.18. The van der Waals surface area contributed by atoms with Crippen LogP contribution in [0.25, 0.3) is 11.0 Å². The lowest BCUT2D eigenvalue weighted by Crippen LogP contribution is -2.19. The molecule has 0 aliphatic rings. The smallest absolute Gasteiger partial charge is 0.250 e. The third-order valence-electron chi connectivity index (χ3n) is 2.82. The van der Waals surface area contributed by atoms with Gasteiger partial charge in [-0.05, 0) is 29.8 Å². The van der Waals surface area contributed by atoms with Crippen LogP contribution < -0.4 is 5.43 Å². The summed E-state index contributed by atoms with van der Waals surface area (Å²) in [7, 11) is 0. The van der Waals surface area contributed by atoms with E-state index in [9.17, 15) is 4.79 Å². The molecule has 2 N–H and O–H groups in total. The molecule has 7 heteroatoms. The Balaban J connectivity index is 1.51. The first-order valence-electron chi connectivity index (χ1n) is 6.61. The average Bonchev–Trinajstić information content (AvgIpc) is 2.97. The van der Waals surface area contributed by atoms with Gasteiger partial charge < -0.3 is 4.98 Å². The van der Waals surface area contributed by atoms with Gasteiger partial charge in [0.25, 0.3) is 5.91 Å². The van der Waals surface area contributed by atoms with Crippen molar-refractivity contribution in [2.45, 2.75) is 5.16 Å². The van der Waals surface area contributed by atoms with Gasteiger partial charge in [0.2, 0.25) is 0 Å². The molecule has 0 saturated carbocycles. The van der Waals surface area contributed by atoms with Crippen LogP contribution in [0.3, 0.4) is 0 Å². The third-order valence-corrected chi connectivity index (χ3v) is 3.69. The first-order chi connectivity index (χ1) is 10.8. The van der Waals surface area contributed by atoms with Gasteiger partial charge >= 0.3 is 0 Å². The van der Waals surface area contributed by atoms with Gasteiger partial charge in [0.05, 0.1) is 23.0 Å². The SMILES string of the molecule is O=C(CSc1nc2ccccc2[nH]1)N/N=C/c1ccncc1. The number of benzene rings is 1. The summed E-state index contributed by atoms with van der Waals surface area (Å²) >= 11 is 1.34. The number of pyridine rings is 1. The van der Waals surface area contributed by atoms with Crippen LogP contribution in [0.15, 0.2) is 59.0 Å². The van der Waals surface area contributed by atoms with Gasteiger partial charge in [-0.1, -0.05) is 23.9 Å². The van der Waals surface area contributed by atoms with Crippen molar-refractivity contribution >= 4 is 34.9 Å². The fourth-order valence-electron chi connectivity index (χ4n) is 1.79. The molecule has 0 radical (unpaired) electrons. The molecular formula is C15H13N5OS. The van der Waals surface area contributed by atoms with Gasteiger partial charge in [0, 0.05) is 12.4 Å². The normalized spacial score (nSPS) is 11.1. The molecule has 0 aliphatic carbocycles. The number of fused-ring (bicyclic) bond motifs is 1. The number of amides is 1. The zero-order valence-corrected chi connectivity index (χ0v) is 12.4. The van der Waals surface area contributed by atoms with E-state index in [0.717, 1.165) is 21.8 Å². The maximum atomic E-state index is 11.7. The Hall–Kier alpha value is -2.67. The third kappa shape index (κ3) is 3.70. The van der Waals surface area contributed by atoms with E-state index in [-0.39, 0.29) is 11.7 Å². The number of imidazole rings is 1. The van der Waals surface area contributed by atoms with E-state index in [0.29, 0.717) is 0 Å². The number of thioether (sulfide) groups is 1. The number of hydrogen-bond acceptors (Lipinski definition) is 5. The van der Waals surface area contributed by atoms with E-state index >= 15 is 0 Å². The van der Waals surface area contributed by atoms with Crippen molar-refractivity contribution in [3.8, 4) is 0 Å². The van der Waals surface area contributed by atoms with Crippen LogP contribution in [0.2, 0.25) is 0 Å². The molecule has 22 heavy (non-hydrogen) atoms. The summed E-state index contributed by atoms with van der Waals surface area (Å²) in [6.07, 6.45) is 4.91. The Morgan fingerprint density at radius 1 is 1.27 bits per heavy atom. The minimum Gasteiger partial charge on any atom is -0.333 e. The number of carbonyl (C=O) groups excluding carboxylic acids is 1. The molecule has 0 spiro atoms. The van der Waals surface area contributed by atoms with Gasteiger partial charge in [-0.25, -0.2) is 10.4 Å². The summed E-state index contributed by atoms with van der Waals surface area (Å²) in [5, 5.41) is 4.62. The van der Waals surface area contributed by atoms with Crippen molar-refractivity contribution in [3.05, 3.63) is 54.4 Å². The molecule has 1 amide bonds. The number of nitrogens with zero attached hydrogens (tertiary/aromatic N) is 3. The summed E-state index contributed by atoms with van der Waals surface area (Å²) in [5.41, 5.74) is 5.21. The van der Waals surface area contributed by atoms with Crippen molar-refractivity contribution in [3.63, 3.8) is 0 Å². The predicted octanol–water partition coefficient (Wildman–Crippen LogP) is 2.20. The Morgan fingerprint density at radius 2 is 2.09 bits per heavy atom. The Kier molecular flexibility index (Phi) is 4.45. The molecule has 1 aromatic carbocycles. The van der Waals surface area contributed by atoms with Crippen molar-refractivity contribution < 1.29 is 4.79 Å². The fraction of sp³-hybridized carbons (Fsp3) is 0.0667. The van der Waals surface area contributed by atoms with E-state index in [1.54, 1.807) is 30.7 Å². The Bertz CT molecular complexity index is 767. The lowest BCUT2D eigenvalue weighted by atomic mass is 10.3. The van der Waals surface area contributed by atoms with Crippen LogP contribution in [0.5, 0.6) is 0 Å². The maximum Gasteiger partial charge on any atom is 0.250 e. The summed E-state index contributed by atoms with van der Waals surface area (Å²) in [5.74, 6) is 0.0591. The maximum absolute atomic E-state index is 11.7. The molecule has 0 bridgehead atoms. The van der Waals surface area contributed by atoms with Crippen LogP contribution in [0, 0.1) is 0 Å². The highest BCUT2D eigenvalue weighted by molar-refractivity contribution is 7.99. The van der Waals surface area contributed by atoms with E-state index in [2.05, 4.69) is 25.5 Å². The van der Waals surface area contributed by atoms with Crippen LogP contribution in [-0.2, 0) is 4.79 Å². The number of rotatable bonds is 5. The van der Waals surface area contributed by atoms with E-state index < -0.39 is 0 Å². The molecule has 0 saturated heterocycles. The standard InChI is InChI=1S/C15H13N5OS/c21-14(20-17-9-11-5-7-16-8-6-11)10-22-15-18-12-3-1-2-4-13(12)19-15/h1-9H,10H2,(H,18,19)(H,20,21)/b17-9+. The quantitative estimate of drug-likeness (QED) is 0.430. The highest BCUT2D eigenvalue weighted by atomic mass is 32.2. The lowest BCUT2D eigenvalue weighted by Gasteiger charge is -1.97. The van der Waals surface area contributed by atoms with E-state index in [4.69, 9.17) is 0 Å². The first kappa shape index (κ1) is 14.3. The molecular weight excluding hydrogens is 298 g/mol. The molecule has 3 aromatic rings. The predicted molar refractivity (Wildman–Crippen MR) is 86.8 cm³/mol. The number of para-hydroxylation sites is 2. The van der Waals surface area contributed by atoms with Gasteiger partial charge in [0.15, 0.2) is 5.16 Å². The molecule has 2 heterocycles. The molecule has 0 atom stereocenters. The molecule has 3 rings (SSSR count). The zero-order valence-electron chi connectivity index (χ0n) is 11.6. The zero-order chi connectivity index (χ0) is 15.2. The molecule has 110 valence electrons. The number of H-pyrrole nitrogens is 1. The number of carbonyl (C=O) groups is 1. The monoisotopic (exact) mass is 311 g/mol. The Labute approximate surface area is 131 Å². The molecule has 6 nitrogen and oxygen atoms in total. The second-order valence-electron chi connectivity index (χ2n) is 4.42. The van der Waals surface area contributed by atoms with Crippen LogP contribution in [0.4, 0.5) is 0 Å². The molecule has 0 unspecified atom stereocenters. The number of aromatic amines is 1. The largest absolute Gasteiger partial charge is 0.333 e. The van der Waals surface area contributed by atoms with Crippen molar-refractivity contribution in [1.29, 1.82) is 0 Å². The van der Waals surface area contributed by atoms with Gasteiger partial charge in [-0.3, -0.25) is 9.78 Å². The highest BCUT2D eigenvalue weighted by Gasteiger charge is 2.05. The van der Waals surface area contributed by atoms with Crippen molar-refractivity contribution in [2.24, 2.45) is 5.10 Å². The average molecular weight is 311 g/mol. The van der Waals surface area contributed by atoms with Gasteiger partial charge in [-0.2, -0.15) is 5.10 Å². The topological polar surface area (TPSA) is 83.0 Å². The summed E-state index contributed by atoms with van der Waals surface area (Å²) in [6.45, 7) is 0. The van der Waals surface area contributed by atoms with Gasteiger partial charge in [0.1, 0.15) is 0 Å². The summed E-state index contributed by atoms with van der Waals surface area (Å²) < 4.78 is 0. The molecule has 0 aliphatic heterocycles. The van der Waals surface area contributed by atoms with Crippen LogP contribution >= 0.6 is 11.8 Å². The summed E-state index contributed by atoms with van der Waals surface area (Å²) in [6, 6.07) is 11.4. The number of nitrogens with one attached hydrogen (secondary N) is 2. The first-order valence-corrected chi connectivity index (χ1v) is 7.59. The van der Waals surface area contributed by atoms with Crippen LogP contribution in [-0.4, -0.2) is 32.8 Å². The number of hydrazone groups is 1. The fourth-order valence-corrected chi connectivity index (χ4v) is 2.47. The minimum absolute atomic E-state index is 0.184. The van der Waals surface area contributed by atoms with Crippen molar-refractivity contribution in [2.75, 3.05) is 5.75 Å². The lowest BCUT2D eigenvalue weighted by molar-refractivity contribution is -0.118.